The second-order valence-electron chi connectivity index (χ2n) is 8.32. The fourth-order valence-corrected chi connectivity index (χ4v) is 3.78. The van der Waals surface area contributed by atoms with Gasteiger partial charge in [-0.1, -0.05) is 38.1 Å². The fraction of sp³-hybridized carbons (Fsp3) is 0.458. The van der Waals surface area contributed by atoms with Crippen LogP contribution in [0.4, 0.5) is 4.39 Å². The van der Waals surface area contributed by atoms with Gasteiger partial charge < -0.3 is 9.64 Å². The number of halogens is 1. The lowest BCUT2D eigenvalue weighted by Crippen LogP contribution is -2.58. The highest BCUT2D eigenvalue weighted by Gasteiger charge is 2.32. The predicted octanol–water partition coefficient (Wildman–Crippen LogP) is 4.45. The summed E-state index contributed by atoms with van der Waals surface area (Å²) in [7, 11) is 0. The molecule has 1 aliphatic rings. The van der Waals surface area contributed by atoms with E-state index in [1.165, 1.54) is 17.7 Å². The van der Waals surface area contributed by atoms with E-state index in [9.17, 15) is 9.18 Å². The predicted molar refractivity (Wildman–Crippen MR) is 113 cm³/mol. The Hall–Kier alpha value is -2.40. The Morgan fingerprint density at radius 2 is 1.83 bits per heavy atom. The molecule has 0 N–H and O–H groups in total. The molecular weight excluding hydrogens is 367 g/mol. The Morgan fingerprint density at radius 1 is 1.10 bits per heavy atom. The van der Waals surface area contributed by atoms with Crippen LogP contribution in [-0.2, 0) is 11.3 Å². The summed E-state index contributed by atoms with van der Waals surface area (Å²) < 4.78 is 18.9. The van der Waals surface area contributed by atoms with E-state index in [-0.39, 0.29) is 30.4 Å². The van der Waals surface area contributed by atoms with Crippen molar-refractivity contribution in [2.75, 3.05) is 19.7 Å². The third-order valence-electron chi connectivity index (χ3n) is 5.62. The first-order valence-corrected chi connectivity index (χ1v) is 10.3. The van der Waals surface area contributed by atoms with Crippen LogP contribution < -0.4 is 4.74 Å². The molecule has 0 radical (unpaired) electrons. The first kappa shape index (κ1) is 21.3. The highest BCUT2D eigenvalue weighted by molar-refractivity contribution is 5.78. The van der Waals surface area contributed by atoms with Crippen molar-refractivity contribution < 1.29 is 13.9 Å². The van der Waals surface area contributed by atoms with Crippen LogP contribution in [-0.4, -0.2) is 47.5 Å². The van der Waals surface area contributed by atoms with Crippen LogP contribution in [0, 0.1) is 5.82 Å². The largest absolute Gasteiger partial charge is 0.484 e. The van der Waals surface area contributed by atoms with Crippen molar-refractivity contribution in [2.24, 2.45) is 0 Å². The average Bonchev–Trinajstić information content (AvgIpc) is 2.70. The molecule has 1 aliphatic heterocycles. The molecule has 1 saturated heterocycles. The van der Waals surface area contributed by atoms with E-state index in [4.69, 9.17) is 4.74 Å². The van der Waals surface area contributed by atoms with E-state index in [2.05, 4.69) is 38.7 Å². The van der Waals surface area contributed by atoms with Crippen LogP contribution in [0.2, 0.25) is 0 Å². The minimum atomic E-state index is -0.218. The summed E-state index contributed by atoms with van der Waals surface area (Å²) in [5.41, 5.74) is 2.28. The molecule has 1 fully saturated rings. The SMILES string of the molecule is CC(C)c1cccc(OCC(=O)N2C[C@H](C)N(Cc3ccc(F)cc3)C[C@H]2C)c1. The molecular formula is C24H31FN2O2. The van der Waals surface area contributed by atoms with Crippen molar-refractivity contribution in [3.05, 3.63) is 65.5 Å². The summed E-state index contributed by atoms with van der Waals surface area (Å²) in [6.45, 7) is 10.7. The van der Waals surface area contributed by atoms with Gasteiger partial charge >= 0.3 is 0 Å². The van der Waals surface area contributed by atoms with Gasteiger partial charge in [0.05, 0.1) is 0 Å². The normalized spacial score (nSPS) is 20.1. The number of piperazine rings is 1. The number of carbonyl (C=O) groups is 1. The van der Waals surface area contributed by atoms with Gasteiger partial charge in [-0.15, -0.1) is 0 Å². The number of hydrogen-bond donors (Lipinski definition) is 0. The van der Waals surface area contributed by atoms with Gasteiger partial charge in [-0.3, -0.25) is 9.69 Å². The Bertz CT molecular complexity index is 822. The molecule has 2 aromatic carbocycles. The first-order valence-electron chi connectivity index (χ1n) is 10.3. The number of rotatable bonds is 6. The molecule has 0 saturated carbocycles. The van der Waals surface area contributed by atoms with Crippen LogP contribution >= 0.6 is 0 Å². The van der Waals surface area contributed by atoms with E-state index < -0.39 is 0 Å². The Kier molecular flexibility index (Phi) is 6.91. The first-order chi connectivity index (χ1) is 13.8. The van der Waals surface area contributed by atoms with Crippen LogP contribution in [0.5, 0.6) is 5.75 Å². The molecule has 0 unspecified atom stereocenters. The Morgan fingerprint density at radius 3 is 2.52 bits per heavy atom. The highest BCUT2D eigenvalue weighted by Crippen LogP contribution is 2.21. The molecule has 1 amide bonds. The van der Waals surface area contributed by atoms with Crippen LogP contribution in [0.15, 0.2) is 48.5 Å². The van der Waals surface area contributed by atoms with Crippen molar-refractivity contribution in [3.63, 3.8) is 0 Å². The summed E-state index contributed by atoms with van der Waals surface area (Å²) in [6, 6.07) is 14.9. The maximum Gasteiger partial charge on any atom is 0.260 e. The molecule has 1 heterocycles. The monoisotopic (exact) mass is 398 g/mol. The summed E-state index contributed by atoms with van der Waals surface area (Å²) in [5.74, 6) is 0.953. The molecule has 0 spiro atoms. The molecule has 29 heavy (non-hydrogen) atoms. The molecule has 2 aromatic rings. The average molecular weight is 399 g/mol. The number of ether oxygens (including phenoxy) is 1. The van der Waals surface area contributed by atoms with Crippen LogP contribution in [0.25, 0.3) is 0 Å². The number of amides is 1. The maximum absolute atomic E-state index is 13.1. The Balaban J connectivity index is 1.55. The summed E-state index contributed by atoms with van der Waals surface area (Å²) in [6.07, 6.45) is 0. The maximum atomic E-state index is 13.1. The molecule has 156 valence electrons. The molecule has 2 atom stereocenters. The lowest BCUT2D eigenvalue weighted by atomic mass is 10.0. The van der Waals surface area contributed by atoms with E-state index >= 15 is 0 Å². The van der Waals surface area contributed by atoms with Crippen molar-refractivity contribution in [1.82, 2.24) is 9.80 Å². The smallest absolute Gasteiger partial charge is 0.260 e. The van der Waals surface area contributed by atoms with Gasteiger partial charge in [0.2, 0.25) is 0 Å². The van der Waals surface area contributed by atoms with Gasteiger partial charge in [0.1, 0.15) is 11.6 Å². The lowest BCUT2D eigenvalue weighted by Gasteiger charge is -2.44. The van der Waals surface area contributed by atoms with Gasteiger partial charge in [0, 0.05) is 31.7 Å². The Labute approximate surface area is 173 Å². The van der Waals surface area contributed by atoms with Crippen LogP contribution in [0.3, 0.4) is 0 Å². The third kappa shape index (κ3) is 5.57. The quantitative estimate of drug-likeness (QED) is 0.721. The van der Waals surface area contributed by atoms with Crippen molar-refractivity contribution in [3.8, 4) is 5.75 Å². The third-order valence-corrected chi connectivity index (χ3v) is 5.62. The van der Waals surface area contributed by atoms with Gasteiger partial charge in [0.15, 0.2) is 6.61 Å². The molecule has 0 aliphatic carbocycles. The zero-order valence-corrected chi connectivity index (χ0v) is 17.8. The minimum Gasteiger partial charge on any atom is -0.484 e. The van der Waals surface area contributed by atoms with Gasteiger partial charge in [0.25, 0.3) is 5.91 Å². The van der Waals surface area contributed by atoms with Gasteiger partial charge in [-0.25, -0.2) is 4.39 Å². The van der Waals surface area contributed by atoms with E-state index in [0.717, 1.165) is 24.4 Å². The second-order valence-corrected chi connectivity index (χ2v) is 8.32. The highest BCUT2D eigenvalue weighted by atomic mass is 19.1. The molecule has 0 bridgehead atoms. The summed E-state index contributed by atoms with van der Waals surface area (Å²) >= 11 is 0. The van der Waals surface area contributed by atoms with Crippen LogP contribution in [0.1, 0.15) is 44.7 Å². The van der Waals surface area contributed by atoms with Crippen molar-refractivity contribution >= 4 is 5.91 Å². The zero-order chi connectivity index (χ0) is 21.0. The molecule has 5 heteroatoms. The minimum absolute atomic E-state index is 0.0146. The van der Waals surface area contributed by atoms with Gasteiger partial charge in [-0.2, -0.15) is 0 Å². The second kappa shape index (κ2) is 9.40. The molecule has 0 aromatic heterocycles. The fourth-order valence-electron chi connectivity index (χ4n) is 3.78. The molecule has 3 rings (SSSR count). The number of hydrogen-bond acceptors (Lipinski definition) is 3. The summed E-state index contributed by atoms with van der Waals surface area (Å²) in [5, 5.41) is 0. The number of benzene rings is 2. The van der Waals surface area contributed by atoms with E-state index in [1.54, 1.807) is 0 Å². The topological polar surface area (TPSA) is 32.8 Å². The van der Waals surface area contributed by atoms with Crippen molar-refractivity contribution in [2.45, 2.75) is 52.2 Å². The standard InChI is InChI=1S/C24H31FN2O2/c1-17(2)21-6-5-7-23(12-21)29-16-24(28)27-14-18(3)26(13-19(27)4)15-20-8-10-22(25)11-9-20/h5-12,17-19H,13-16H2,1-4H3/t18-,19+/m0/s1. The summed E-state index contributed by atoms with van der Waals surface area (Å²) in [4.78, 5) is 17.0. The molecule has 4 nitrogen and oxygen atoms in total. The zero-order valence-electron chi connectivity index (χ0n) is 17.8. The lowest BCUT2D eigenvalue weighted by molar-refractivity contribution is -0.139. The van der Waals surface area contributed by atoms with Gasteiger partial charge in [-0.05, 0) is 55.2 Å². The number of carbonyl (C=O) groups excluding carboxylic acids is 1. The van der Waals surface area contributed by atoms with E-state index in [1.807, 2.05) is 35.2 Å². The van der Waals surface area contributed by atoms with Crippen molar-refractivity contribution in [1.29, 1.82) is 0 Å². The van der Waals surface area contributed by atoms with E-state index in [0.29, 0.717) is 12.5 Å². The number of nitrogens with zero attached hydrogens (tertiary/aromatic N) is 2.